The van der Waals surface area contributed by atoms with E-state index in [-0.39, 0.29) is 66.6 Å². The lowest BCUT2D eigenvalue weighted by Crippen LogP contribution is -2.48. The van der Waals surface area contributed by atoms with Crippen LogP contribution in [0.2, 0.25) is 0 Å². The van der Waals surface area contributed by atoms with Crippen molar-refractivity contribution in [2.75, 3.05) is 49.9 Å². The number of nitrogens with one attached hydrogen (secondary N) is 1. The molecule has 0 bridgehead atoms. The van der Waals surface area contributed by atoms with Crippen LogP contribution in [-0.2, 0) is 14.3 Å². The highest BCUT2D eigenvalue weighted by atomic mass is 32.1. The van der Waals surface area contributed by atoms with Crippen molar-refractivity contribution in [2.24, 2.45) is 11.8 Å². The molecule has 5 N–H and O–H groups in total. The number of hydrogen-bond acceptors (Lipinski definition) is 16. The highest BCUT2D eigenvalue weighted by molar-refractivity contribution is 7.13. The van der Waals surface area contributed by atoms with Gasteiger partial charge in [0.2, 0.25) is 17.7 Å². The van der Waals surface area contributed by atoms with Crippen molar-refractivity contribution in [1.82, 2.24) is 40.4 Å². The van der Waals surface area contributed by atoms with E-state index in [9.17, 15) is 19.8 Å². The number of nitrogen functional groups attached to an aromatic ring is 1. The summed E-state index contributed by atoms with van der Waals surface area (Å²) in [5, 5.41) is 36.8. The van der Waals surface area contributed by atoms with E-state index in [0.717, 1.165) is 104 Å². The summed E-state index contributed by atoms with van der Waals surface area (Å²) in [4.78, 5) is 44.4. The molecule has 0 unspecified atom stereocenters. The second kappa shape index (κ2) is 22.9. The van der Waals surface area contributed by atoms with Crippen LogP contribution in [0.15, 0.2) is 89.0 Å². The predicted molar refractivity (Wildman–Crippen MR) is 286 cm³/mol. The second-order valence-corrected chi connectivity index (χ2v) is 21.8. The summed E-state index contributed by atoms with van der Waals surface area (Å²) in [6, 6.07) is 21.2. The molecular formula is C57H66N10O7S. The number of β-amino-alcohol motifs (C(OH)–C–C–N with tert-alkyl or cyclic N) is 1. The van der Waals surface area contributed by atoms with Gasteiger partial charge in [0.25, 0.3) is 0 Å². The van der Waals surface area contributed by atoms with Gasteiger partial charge < -0.3 is 50.0 Å². The summed E-state index contributed by atoms with van der Waals surface area (Å²) in [5.41, 5.74) is 13.2. The van der Waals surface area contributed by atoms with Gasteiger partial charge in [0.1, 0.15) is 23.8 Å². The average molecular weight is 1040 g/mol. The lowest BCUT2D eigenvalue weighted by atomic mass is 9.91. The quantitative estimate of drug-likeness (QED) is 0.0731. The number of pyridine rings is 1. The van der Waals surface area contributed by atoms with Crippen molar-refractivity contribution < 1.29 is 33.8 Å². The zero-order valence-corrected chi connectivity index (χ0v) is 43.8. The first-order chi connectivity index (χ1) is 36.3. The number of phenolic OH excluding ortho intramolecular Hbond substituents is 1. The van der Waals surface area contributed by atoms with E-state index in [1.54, 1.807) is 41.8 Å². The van der Waals surface area contributed by atoms with Crippen LogP contribution < -0.4 is 20.7 Å². The molecule has 4 atom stereocenters. The van der Waals surface area contributed by atoms with E-state index in [4.69, 9.17) is 19.7 Å². The van der Waals surface area contributed by atoms with Gasteiger partial charge in [-0.05, 0) is 86.8 Å². The lowest BCUT2D eigenvalue weighted by Gasteiger charge is -2.41. The number of carbonyl (C=O) groups is 2. The maximum absolute atomic E-state index is 14.4. The van der Waals surface area contributed by atoms with Crippen LogP contribution >= 0.6 is 11.3 Å². The molecule has 18 heteroatoms. The zero-order chi connectivity index (χ0) is 52.2. The molecule has 4 aromatic heterocycles. The first kappa shape index (κ1) is 51.6. The van der Waals surface area contributed by atoms with Crippen molar-refractivity contribution in [2.45, 2.75) is 115 Å². The number of aromatic nitrogens is 5. The number of nitrogens with zero attached hydrogens (tertiary/aromatic N) is 8. The zero-order valence-electron chi connectivity index (χ0n) is 43.0. The third-order valence-electron chi connectivity index (χ3n) is 15.2. The number of thiazole rings is 1. The third kappa shape index (κ3) is 12.1. The molecule has 4 fully saturated rings. The molecular weight excluding hydrogens is 969 g/mol. The number of carbonyl (C=O) groups excluding carboxylic acids is 2. The van der Waals surface area contributed by atoms with Gasteiger partial charge in [-0.1, -0.05) is 67.2 Å². The van der Waals surface area contributed by atoms with E-state index >= 15 is 0 Å². The number of aliphatic hydroxyl groups excluding tert-OH is 1. The summed E-state index contributed by atoms with van der Waals surface area (Å²) in [6.45, 7) is 12.7. The number of phenols is 1. The molecule has 17 nitrogen and oxygen atoms in total. The Balaban J connectivity index is 0.644. The second-order valence-electron chi connectivity index (χ2n) is 20.9. The topological polar surface area (TPSA) is 218 Å². The Morgan fingerprint density at radius 1 is 0.907 bits per heavy atom. The van der Waals surface area contributed by atoms with Crippen LogP contribution in [0.3, 0.4) is 0 Å². The number of aryl methyl sites for hydroxylation is 1. The number of benzene rings is 2. The van der Waals surface area contributed by atoms with Gasteiger partial charge in [-0.2, -0.15) is 0 Å². The molecule has 3 saturated heterocycles. The minimum Gasteiger partial charge on any atom is -0.507 e. The maximum atomic E-state index is 14.4. The van der Waals surface area contributed by atoms with Gasteiger partial charge in [0.05, 0.1) is 51.7 Å². The molecule has 0 spiro atoms. The number of aromatic hydroxyl groups is 1. The summed E-state index contributed by atoms with van der Waals surface area (Å²) in [6.07, 6.45) is 7.22. The largest absolute Gasteiger partial charge is 0.507 e. The number of hydrogen-bond donors (Lipinski definition) is 4. The molecule has 1 aliphatic carbocycles. The van der Waals surface area contributed by atoms with Gasteiger partial charge in [-0.25, -0.2) is 9.97 Å². The molecule has 7 heterocycles. The number of anilines is 2. The van der Waals surface area contributed by atoms with E-state index in [2.05, 4.69) is 52.3 Å². The summed E-state index contributed by atoms with van der Waals surface area (Å²) in [5.74, 6) is 7.50. The number of para-hydroxylation sites is 1. The fraction of sp³-hybridized carbons (Fsp3) is 0.456. The Morgan fingerprint density at radius 2 is 1.68 bits per heavy atom. The lowest BCUT2D eigenvalue weighted by molar-refractivity contribution is -0.141. The highest BCUT2D eigenvalue weighted by Crippen LogP contribution is 2.36. The van der Waals surface area contributed by atoms with Gasteiger partial charge in [0.15, 0.2) is 17.4 Å². The fourth-order valence-corrected chi connectivity index (χ4v) is 11.6. The third-order valence-corrected chi connectivity index (χ3v) is 16.2. The van der Waals surface area contributed by atoms with Crippen LogP contribution in [0.1, 0.15) is 106 Å². The number of ether oxygens (including phenoxy) is 2. The maximum Gasteiger partial charge on any atom is 0.243 e. The Labute approximate surface area is 441 Å². The first-order valence-corrected chi connectivity index (χ1v) is 27.1. The molecule has 75 heavy (non-hydrogen) atoms. The Morgan fingerprint density at radius 3 is 2.41 bits per heavy atom. The van der Waals surface area contributed by atoms with Crippen LogP contribution in [0.4, 0.5) is 11.6 Å². The number of rotatable bonds is 15. The van der Waals surface area contributed by atoms with Gasteiger partial charge in [0, 0.05) is 88.0 Å². The van der Waals surface area contributed by atoms with Crippen LogP contribution in [0.5, 0.6) is 11.6 Å². The van der Waals surface area contributed by atoms with Gasteiger partial charge in [-0.3, -0.25) is 9.59 Å². The minimum absolute atomic E-state index is 0.0307. The summed E-state index contributed by atoms with van der Waals surface area (Å²) >= 11 is 1.60. The Hall–Kier alpha value is -6.91. The van der Waals surface area contributed by atoms with Crippen molar-refractivity contribution in [3.05, 3.63) is 113 Å². The van der Waals surface area contributed by atoms with Crippen molar-refractivity contribution >= 4 is 34.8 Å². The summed E-state index contributed by atoms with van der Waals surface area (Å²) < 4.78 is 18.7. The standard InChI is InChI=1S/C57H66N10O7S/c1-34(2)53(57(71)67-32-42(68)27-48(67)56(70)61-35(3)39-11-13-40(14-12-39)54-36(4)60-33-75-54)50-30-51(64-74-50)66-23-16-38(17-24-66)31-65-21-18-43(19-22-65)72-44-28-45(29-44)73-52-25-37(15-20-59-52)9-10-41-26-47(62-63-55(41)58)46-7-5-6-8-49(46)69/h5-8,11-15,20,25-26,30,33-35,38,42-45,48,53,68-69H,16-19,21-24,27-29,31-32H2,1-4H3,(H2,58,63)(H,61,70)/t35-,42+,44?,45?,48-,53+/m0/s1. The van der Waals surface area contributed by atoms with E-state index in [1.807, 2.05) is 81.7 Å². The fourth-order valence-electron chi connectivity index (χ4n) is 10.8. The molecule has 1 saturated carbocycles. The summed E-state index contributed by atoms with van der Waals surface area (Å²) in [7, 11) is 0. The highest BCUT2D eigenvalue weighted by Gasteiger charge is 2.44. The van der Waals surface area contributed by atoms with E-state index in [1.165, 1.54) is 4.90 Å². The van der Waals surface area contributed by atoms with Crippen molar-refractivity contribution in [1.29, 1.82) is 0 Å². The molecule has 0 radical (unpaired) electrons. The van der Waals surface area contributed by atoms with Gasteiger partial charge >= 0.3 is 0 Å². The molecule has 2 amide bonds. The normalized spacial score (nSPS) is 21.3. The van der Waals surface area contributed by atoms with Crippen LogP contribution in [-0.4, -0.2) is 127 Å². The molecule has 6 aromatic rings. The van der Waals surface area contributed by atoms with E-state index < -0.39 is 18.1 Å². The SMILES string of the molecule is Cc1ncsc1-c1ccc([C@H](C)NC(=O)[C@@H]2C[C@@H](O)CN2C(=O)[C@@H](c2cc(N3CCC(CN4CCC(OC5CC(Oc6cc(C#Cc7cc(-c8ccccc8O)nnc7N)ccn6)C5)CC4)CC3)no2)C(C)C)cc1. The Bertz CT molecular complexity index is 3000. The van der Waals surface area contributed by atoms with Crippen molar-refractivity contribution in [3.8, 4) is 45.2 Å². The van der Waals surface area contributed by atoms with E-state index in [0.29, 0.717) is 34.4 Å². The molecule has 2 aromatic carbocycles. The smallest absolute Gasteiger partial charge is 0.243 e. The van der Waals surface area contributed by atoms with Crippen LogP contribution in [0.25, 0.3) is 21.7 Å². The minimum atomic E-state index is -0.805. The monoisotopic (exact) mass is 1030 g/mol. The predicted octanol–water partition coefficient (Wildman–Crippen LogP) is 7.53. The number of likely N-dealkylation sites (tertiary alicyclic amines) is 2. The molecule has 4 aliphatic rings. The number of nitrogens with two attached hydrogens (primary N) is 1. The molecule has 3 aliphatic heterocycles. The number of amides is 2. The number of aliphatic hydroxyl groups is 1. The van der Waals surface area contributed by atoms with Crippen LogP contribution in [0, 0.1) is 30.6 Å². The number of piperidine rings is 2. The van der Waals surface area contributed by atoms with Crippen molar-refractivity contribution in [3.63, 3.8) is 0 Å². The van der Waals surface area contributed by atoms with Gasteiger partial charge in [-0.15, -0.1) is 21.5 Å². The molecule has 10 rings (SSSR count). The Kier molecular flexibility index (Phi) is 15.8. The first-order valence-electron chi connectivity index (χ1n) is 26.3. The molecule has 392 valence electrons. The average Bonchev–Trinajstić information content (AvgIpc) is 4.17.